The van der Waals surface area contributed by atoms with Crippen LogP contribution < -0.4 is 4.72 Å². The molecule has 2 N–H and O–H groups in total. The maximum absolute atomic E-state index is 12.0. The summed E-state index contributed by atoms with van der Waals surface area (Å²) in [5.41, 5.74) is 0.775. The number of benzene rings is 1. The Bertz CT molecular complexity index is 671. The minimum Gasteiger partial charge on any atom is -0.262 e. The van der Waals surface area contributed by atoms with Crippen LogP contribution in [0.1, 0.15) is 11.4 Å². The van der Waals surface area contributed by atoms with E-state index in [1.807, 2.05) is 6.07 Å². The maximum Gasteiger partial charge on any atom is 0.240 e. The van der Waals surface area contributed by atoms with Crippen LogP contribution in [0.15, 0.2) is 35.5 Å². The van der Waals surface area contributed by atoms with Crippen LogP contribution in [0.25, 0.3) is 0 Å². The normalized spacial score (nSPS) is 11.1. The van der Waals surface area contributed by atoms with Gasteiger partial charge in [-0.2, -0.15) is 10.4 Å². The Labute approximate surface area is 110 Å². The number of hydrogen-bond donors (Lipinski definition) is 2. The number of H-pyrrole nitrogens is 1. The first-order valence-electron chi connectivity index (χ1n) is 5.41. The van der Waals surface area contributed by atoms with Crippen LogP contribution in [0.5, 0.6) is 0 Å². The highest BCUT2D eigenvalue weighted by molar-refractivity contribution is 7.89. The highest BCUT2D eigenvalue weighted by Gasteiger charge is 2.14. The number of nitriles is 1. The van der Waals surface area contributed by atoms with Crippen molar-refractivity contribution in [1.29, 1.82) is 5.26 Å². The highest BCUT2D eigenvalue weighted by Crippen LogP contribution is 2.11. The van der Waals surface area contributed by atoms with E-state index in [0.29, 0.717) is 5.82 Å². The second kappa shape index (κ2) is 5.60. The van der Waals surface area contributed by atoms with Crippen molar-refractivity contribution in [3.05, 3.63) is 42.0 Å². The molecule has 0 aliphatic heterocycles. The molecule has 1 heterocycles. The number of aromatic amines is 1. The van der Waals surface area contributed by atoms with E-state index in [1.54, 1.807) is 12.1 Å². The second-order valence-electron chi connectivity index (χ2n) is 3.74. The molecule has 0 bridgehead atoms. The standard InChI is InChI=1S/C11H11N5O2S/c12-6-5-9-1-3-10(4-2-9)19(17,18)15-7-11-13-8-14-16-11/h1-4,8,15H,5,7H2,(H,13,14,16). The largest absolute Gasteiger partial charge is 0.262 e. The summed E-state index contributed by atoms with van der Waals surface area (Å²) in [6.45, 7) is 0.0439. The summed E-state index contributed by atoms with van der Waals surface area (Å²) in [5.74, 6) is 0.435. The van der Waals surface area contributed by atoms with Crippen molar-refractivity contribution in [1.82, 2.24) is 19.9 Å². The Hall–Kier alpha value is -2.24. The molecule has 0 aliphatic rings. The van der Waals surface area contributed by atoms with Gasteiger partial charge in [-0.15, -0.1) is 0 Å². The quantitative estimate of drug-likeness (QED) is 0.819. The third-order valence-corrected chi connectivity index (χ3v) is 3.83. The fraction of sp³-hybridized carbons (Fsp3) is 0.182. The van der Waals surface area contributed by atoms with E-state index in [0.717, 1.165) is 5.56 Å². The molecule has 98 valence electrons. The Morgan fingerprint density at radius 2 is 2.05 bits per heavy atom. The average molecular weight is 277 g/mol. The van der Waals surface area contributed by atoms with Crippen LogP contribution >= 0.6 is 0 Å². The van der Waals surface area contributed by atoms with Crippen LogP contribution in [0.4, 0.5) is 0 Å². The molecular formula is C11H11N5O2S. The lowest BCUT2D eigenvalue weighted by Crippen LogP contribution is -2.23. The van der Waals surface area contributed by atoms with Gasteiger partial charge in [-0.05, 0) is 17.7 Å². The zero-order valence-corrected chi connectivity index (χ0v) is 10.7. The molecular weight excluding hydrogens is 266 g/mol. The number of hydrogen-bond acceptors (Lipinski definition) is 5. The molecule has 0 amide bonds. The van der Waals surface area contributed by atoms with Crippen LogP contribution in [0.3, 0.4) is 0 Å². The third kappa shape index (κ3) is 3.37. The first-order chi connectivity index (χ1) is 9.12. The van der Waals surface area contributed by atoms with Crippen molar-refractivity contribution in [3.63, 3.8) is 0 Å². The van der Waals surface area contributed by atoms with Gasteiger partial charge in [0.15, 0.2) is 0 Å². The van der Waals surface area contributed by atoms with Gasteiger partial charge in [-0.25, -0.2) is 18.1 Å². The van der Waals surface area contributed by atoms with Crippen LogP contribution in [-0.2, 0) is 23.0 Å². The molecule has 0 radical (unpaired) electrons. The van der Waals surface area contributed by atoms with E-state index in [-0.39, 0.29) is 17.9 Å². The molecule has 2 aromatic rings. The Morgan fingerprint density at radius 3 is 2.63 bits per heavy atom. The summed E-state index contributed by atoms with van der Waals surface area (Å²) >= 11 is 0. The monoisotopic (exact) mass is 277 g/mol. The average Bonchev–Trinajstić information content (AvgIpc) is 2.91. The number of sulfonamides is 1. The highest BCUT2D eigenvalue weighted by atomic mass is 32.2. The first-order valence-corrected chi connectivity index (χ1v) is 6.90. The summed E-state index contributed by atoms with van der Waals surface area (Å²) in [7, 11) is -3.59. The van der Waals surface area contributed by atoms with E-state index in [2.05, 4.69) is 19.9 Å². The van der Waals surface area contributed by atoms with E-state index >= 15 is 0 Å². The fourth-order valence-electron chi connectivity index (χ4n) is 1.44. The molecule has 7 nitrogen and oxygen atoms in total. The molecule has 0 fully saturated rings. The van der Waals surface area contributed by atoms with E-state index in [9.17, 15) is 8.42 Å². The predicted molar refractivity (Wildman–Crippen MR) is 66.2 cm³/mol. The van der Waals surface area contributed by atoms with Crippen molar-refractivity contribution in [3.8, 4) is 6.07 Å². The van der Waals surface area contributed by atoms with Crippen LogP contribution in [0, 0.1) is 11.3 Å². The number of nitrogens with one attached hydrogen (secondary N) is 2. The number of aromatic nitrogens is 3. The topological polar surface area (TPSA) is 112 Å². The fourth-order valence-corrected chi connectivity index (χ4v) is 2.43. The molecule has 0 saturated heterocycles. The van der Waals surface area contributed by atoms with Gasteiger partial charge in [0, 0.05) is 0 Å². The smallest absolute Gasteiger partial charge is 0.240 e. The SMILES string of the molecule is N#CCc1ccc(S(=O)(=O)NCc2ncn[nH]2)cc1. The summed E-state index contributed by atoms with van der Waals surface area (Å²) in [6, 6.07) is 8.17. The van der Waals surface area contributed by atoms with Gasteiger partial charge in [0.25, 0.3) is 0 Å². The van der Waals surface area contributed by atoms with Gasteiger partial charge < -0.3 is 0 Å². The molecule has 1 aromatic carbocycles. The maximum atomic E-state index is 12.0. The van der Waals surface area contributed by atoms with Crippen molar-refractivity contribution < 1.29 is 8.42 Å². The van der Waals surface area contributed by atoms with Crippen molar-refractivity contribution in [2.45, 2.75) is 17.9 Å². The van der Waals surface area contributed by atoms with Gasteiger partial charge in [-0.3, -0.25) is 5.10 Å². The van der Waals surface area contributed by atoms with Crippen LogP contribution in [-0.4, -0.2) is 23.6 Å². The lowest BCUT2D eigenvalue weighted by atomic mass is 10.2. The molecule has 0 spiro atoms. The van der Waals surface area contributed by atoms with Crippen LogP contribution in [0.2, 0.25) is 0 Å². The Balaban J connectivity index is 2.09. The van der Waals surface area contributed by atoms with Crippen molar-refractivity contribution in [2.75, 3.05) is 0 Å². The van der Waals surface area contributed by atoms with Gasteiger partial charge in [0.1, 0.15) is 12.2 Å². The Kier molecular flexibility index (Phi) is 3.89. The minimum absolute atomic E-state index is 0.0439. The predicted octanol–water partition coefficient (Wildman–Crippen LogP) is 0.349. The third-order valence-electron chi connectivity index (χ3n) is 2.41. The number of nitrogens with zero attached hydrogens (tertiary/aromatic N) is 3. The summed E-state index contributed by atoms with van der Waals surface area (Å²) < 4.78 is 26.3. The first kappa shape index (κ1) is 13.2. The minimum atomic E-state index is -3.59. The van der Waals surface area contributed by atoms with Crippen molar-refractivity contribution >= 4 is 10.0 Å². The van der Waals surface area contributed by atoms with E-state index < -0.39 is 10.0 Å². The molecule has 19 heavy (non-hydrogen) atoms. The van der Waals surface area contributed by atoms with Crippen molar-refractivity contribution in [2.24, 2.45) is 0 Å². The number of rotatable bonds is 5. The summed E-state index contributed by atoms with van der Waals surface area (Å²) in [5, 5.41) is 14.7. The van der Waals surface area contributed by atoms with Gasteiger partial charge in [0.05, 0.1) is 23.9 Å². The summed E-state index contributed by atoms with van der Waals surface area (Å²) in [6.07, 6.45) is 1.56. The van der Waals surface area contributed by atoms with E-state index in [4.69, 9.17) is 5.26 Å². The molecule has 2 rings (SSSR count). The lowest BCUT2D eigenvalue weighted by molar-refractivity contribution is 0.579. The van der Waals surface area contributed by atoms with Gasteiger partial charge in [-0.1, -0.05) is 12.1 Å². The molecule has 0 atom stereocenters. The molecule has 0 unspecified atom stereocenters. The molecule has 0 aliphatic carbocycles. The Morgan fingerprint density at radius 1 is 1.32 bits per heavy atom. The zero-order chi connectivity index (χ0) is 13.7. The molecule has 8 heteroatoms. The lowest BCUT2D eigenvalue weighted by Gasteiger charge is -2.05. The van der Waals surface area contributed by atoms with Gasteiger partial charge >= 0.3 is 0 Å². The van der Waals surface area contributed by atoms with Gasteiger partial charge in [0.2, 0.25) is 10.0 Å². The second-order valence-corrected chi connectivity index (χ2v) is 5.50. The summed E-state index contributed by atoms with van der Waals surface area (Å²) in [4.78, 5) is 3.97. The zero-order valence-electron chi connectivity index (χ0n) is 9.87. The van der Waals surface area contributed by atoms with E-state index in [1.165, 1.54) is 18.5 Å². The molecule has 0 saturated carbocycles. The molecule has 1 aromatic heterocycles.